The van der Waals surface area contributed by atoms with Crippen molar-refractivity contribution in [1.82, 2.24) is 14.8 Å². The van der Waals surface area contributed by atoms with Crippen molar-refractivity contribution in [2.45, 2.75) is 18.9 Å². The Bertz CT molecular complexity index is 395. The van der Waals surface area contributed by atoms with Crippen LogP contribution in [0.5, 0.6) is 0 Å². The van der Waals surface area contributed by atoms with Gasteiger partial charge in [-0.15, -0.1) is 0 Å². The van der Waals surface area contributed by atoms with E-state index < -0.39 is 0 Å². The Labute approximate surface area is 107 Å². The van der Waals surface area contributed by atoms with Crippen LogP contribution in [0.1, 0.15) is 23.2 Å². The van der Waals surface area contributed by atoms with Crippen molar-refractivity contribution in [3.8, 4) is 0 Å². The highest BCUT2D eigenvalue weighted by molar-refractivity contribution is 5.93. The zero-order valence-electron chi connectivity index (χ0n) is 10.8. The second-order valence-electron chi connectivity index (χ2n) is 4.89. The Morgan fingerprint density at radius 3 is 2.83 bits per heavy atom. The maximum Gasteiger partial charge on any atom is 0.252 e. The van der Waals surface area contributed by atoms with Crippen LogP contribution in [0, 0.1) is 0 Å². The molecule has 100 valence electrons. The third-order valence-electron chi connectivity index (χ3n) is 3.36. The largest absolute Gasteiger partial charge is 0.393 e. The first-order valence-electron chi connectivity index (χ1n) is 6.46. The van der Waals surface area contributed by atoms with Crippen LogP contribution >= 0.6 is 0 Å². The van der Waals surface area contributed by atoms with Gasteiger partial charge in [-0.3, -0.25) is 4.79 Å². The number of nitrogens with one attached hydrogen (secondary N) is 1. The third kappa shape index (κ3) is 3.58. The van der Waals surface area contributed by atoms with E-state index in [0.29, 0.717) is 12.1 Å². The van der Waals surface area contributed by atoms with Gasteiger partial charge in [0.2, 0.25) is 0 Å². The number of aliphatic hydroxyl groups is 1. The average molecular weight is 251 g/mol. The fraction of sp³-hybridized carbons (Fsp3) is 0.615. The van der Waals surface area contributed by atoms with E-state index in [1.807, 2.05) is 30.1 Å². The number of piperidine rings is 1. The van der Waals surface area contributed by atoms with Crippen molar-refractivity contribution in [1.29, 1.82) is 0 Å². The number of amides is 1. The molecule has 0 bridgehead atoms. The highest BCUT2D eigenvalue weighted by Gasteiger charge is 2.16. The Balaban J connectivity index is 1.67. The number of aromatic nitrogens is 1. The van der Waals surface area contributed by atoms with Gasteiger partial charge in [0.1, 0.15) is 0 Å². The molecule has 5 heteroatoms. The highest BCUT2D eigenvalue weighted by atomic mass is 16.3. The van der Waals surface area contributed by atoms with Crippen molar-refractivity contribution >= 4 is 5.91 Å². The zero-order valence-corrected chi connectivity index (χ0v) is 10.8. The standard InChI is InChI=1S/C13H21N3O2/c1-15-6-2-11(10-15)13(18)14-5-9-16-7-3-12(17)4-8-16/h2,6,10,12,17H,3-5,7-9H2,1H3,(H,14,18). The average Bonchev–Trinajstić information content (AvgIpc) is 2.78. The number of hydrogen-bond donors (Lipinski definition) is 2. The summed E-state index contributed by atoms with van der Waals surface area (Å²) in [5.74, 6) is -0.0207. The molecule has 1 amide bonds. The van der Waals surface area contributed by atoms with Crippen molar-refractivity contribution in [3.63, 3.8) is 0 Å². The predicted molar refractivity (Wildman–Crippen MR) is 69.4 cm³/mol. The van der Waals surface area contributed by atoms with E-state index in [9.17, 15) is 9.90 Å². The van der Waals surface area contributed by atoms with E-state index >= 15 is 0 Å². The smallest absolute Gasteiger partial charge is 0.252 e. The fourth-order valence-corrected chi connectivity index (χ4v) is 2.21. The molecule has 1 aliphatic rings. The molecule has 2 rings (SSSR count). The molecule has 1 aliphatic heterocycles. The minimum atomic E-state index is -0.139. The molecule has 0 radical (unpaired) electrons. The van der Waals surface area contributed by atoms with Gasteiger partial charge in [-0.1, -0.05) is 0 Å². The minimum absolute atomic E-state index is 0.0207. The molecular formula is C13H21N3O2. The van der Waals surface area contributed by atoms with E-state index in [4.69, 9.17) is 0 Å². The Morgan fingerprint density at radius 2 is 2.22 bits per heavy atom. The van der Waals surface area contributed by atoms with Crippen LogP contribution in [-0.2, 0) is 7.05 Å². The van der Waals surface area contributed by atoms with Crippen LogP contribution < -0.4 is 5.32 Å². The molecule has 18 heavy (non-hydrogen) atoms. The lowest BCUT2D eigenvalue weighted by Gasteiger charge is -2.29. The molecule has 2 heterocycles. The maximum atomic E-state index is 11.8. The molecule has 0 saturated carbocycles. The molecule has 1 aromatic heterocycles. The fourth-order valence-electron chi connectivity index (χ4n) is 2.21. The molecule has 0 aromatic carbocycles. The molecule has 5 nitrogen and oxygen atoms in total. The predicted octanol–water partition coefficient (Wildman–Crippen LogP) is 0.212. The number of rotatable bonds is 4. The van der Waals surface area contributed by atoms with Gasteiger partial charge in [0.15, 0.2) is 0 Å². The van der Waals surface area contributed by atoms with Gasteiger partial charge in [0, 0.05) is 45.6 Å². The number of nitrogens with zero attached hydrogens (tertiary/aromatic N) is 2. The number of aryl methyl sites for hydroxylation is 1. The summed E-state index contributed by atoms with van der Waals surface area (Å²) in [6.45, 7) is 3.35. The van der Waals surface area contributed by atoms with Crippen molar-refractivity contribution in [2.24, 2.45) is 7.05 Å². The summed E-state index contributed by atoms with van der Waals surface area (Å²) in [5, 5.41) is 12.3. The highest BCUT2D eigenvalue weighted by Crippen LogP contribution is 2.08. The van der Waals surface area contributed by atoms with Crippen LogP contribution in [0.2, 0.25) is 0 Å². The lowest BCUT2D eigenvalue weighted by atomic mass is 10.1. The van der Waals surface area contributed by atoms with Gasteiger partial charge in [-0.05, 0) is 18.9 Å². The number of carbonyl (C=O) groups is 1. The summed E-state index contributed by atoms with van der Waals surface area (Å²) in [7, 11) is 1.90. The number of carbonyl (C=O) groups excluding carboxylic acids is 1. The van der Waals surface area contributed by atoms with Gasteiger partial charge in [-0.25, -0.2) is 0 Å². The normalized spacial score (nSPS) is 17.9. The molecule has 0 spiro atoms. The van der Waals surface area contributed by atoms with Crippen LogP contribution in [0.4, 0.5) is 0 Å². The van der Waals surface area contributed by atoms with Crippen molar-refractivity contribution in [2.75, 3.05) is 26.2 Å². The van der Waals surface area contributed by atoms with Crippen molar-refractivity contribution in [3.05, 3.63) is 24.0 Å². The summed E-state index contributed by atoms with van der Waals surface area (Å²) in [4.78, 5) is 14.0. The number of likely N-dealkylation sites (tertiary alicyclic amines) is 1. The summed E-state index contributed by atoms with van der Waals surface area (Å²) >= 11 is 0. The summed E-state index contributed by atoms with van der Waals surface area (Å²) in [5.41, 5.74) is 0.701. The van der Waals surface area contributed by atoms with E-state index in [-0.39, 0.29) is 12.0 Å². The first-order valence-corrected chi connectivity index (χ1v) is 6.46. The third-order valence-corrected chi connectivity index (χ3v) is 3.36. The molecule has 0 unspecified atom stereocenters. The SMILES string of the molecule is Cn1ccc(C(=O)NCCN2CCC(O)CC2)c1. The first kappa shape index (κ1) is 13.1. The quantitative estimate of drug-likeness (QED) is 0.804. The van der Waals surface area contributed by atoms with Gasteiger partial charge in [0.25, 0.3) is 5.91 Å². The number of hydrogen-bond acceptors (Lipinski definition) is 3. The lowest BCUT2D eigenvalue weighted by Crippen LogP contribution is -2.40. The Hall–Kier alpha value is -1.33. The van der Waals surface area contributed by atoms with Crippen LogP contribution in [0.15, 0.2) is 18.5 Å². The van der Waals surface area contributed by atoms with E-state index in [1.165, 1.54) is 0 Å². The molecule has 0 aliphatic carbocycles. The molecule has 1 aromatic rings. The number of aliphatic hydroxyl groups excluding tert-OH is 1. The maximum absolute atomic E-state index is 11.8. The van der Waals surface area contributed by atoms with Crippen molar-refractivity contribution < 1.29 is 9.90 Å². The first-order chi connectivity index (χ1) is 8.65. The summed E-state index contributed by atoms with van der Waals surface area (Å²) < 4.78 is 1.86. The van der Waals surface area contributed by atoms with E-state index in [1.54, 1.807) is 0 Å². The second kappa shape index (κ2) is 6.02. The van der Waals surface area contributed by atoms with Crippen LogP contribution in [0.3, 0.4) is 0 Å². The van der Waals surface area contributed by atoms with Crippen LogP contribution in [-0.4, -0.2) is 52.8 Å². The van der Waals surface area contributed by atoms with Gasteiger partial charge >= 0.3 is 0 Å². The minimum Gasteiger partial charge on any atom is -0.393 e. The van der Waals surface area contributed by atoms with E-state index in [2.05, 4.69) is 10.2 Å². The molecule has 2 N–H and O–H groups in total. The monoisotopic (exact) mass is 251 g/mol. The summed E-state index contributed by atoms with van der Waals surface area (Å²) in [6, 6.07) is 1.81. The summed E-state index contributed by atoms with van der Waals surface area (Å²) in [6.07, 6.45) is 5.22. The topological polar surface area (TPSA) is 57.5 Å². The zero-order chi connectivity index (χ0) is 13.0. The second-order valence-corrected chi connectivity index (χ2v) is 4.89. The molecule has 1 saturated heterocycles. The van der Waals surface area contributed by atoms with Gasteiger partial charge < -0.3 is 19.9 Å². The molecule has 1 fully saturated rings. The lowest BCUT2D eigenvalue weighted by molar-refractivity contribution is 0.0804. The Morgan fingerprint density at radius 1 is 1.50 bits per heavy atom. The van der Waals surface area contributed by atoms with Gasteiger partial charge in [0.05, 0.1) is 11.7 Å². The molecule has 0 atom stereocenters. The Kier molecular flexibility index (Phi) is 4.38. The van der Waals surface area contributed by atoms with Gasteiger partial charge in [-0.2, -0.15) is 0 Å². The van der Waals surface area contributed by atoms with Crippen LogP contribution in [0.25, 0.3) is 0 Å². The molecular weight excluding hydrogens is 230 g/mol. The van der Waals surface area contributed by atoms with E-state index in [0.717, 1.165) is 32.5 Å².